The van der Waals surface area contributed by atoms with Crippen molar-refractivity contribution >= 4 is 11.6 Å². The first-order valence-corrected chi connectivity index (χ1v) is 4.20. The van der Waals surface area contributed by atoms with Gasteiger partial charge in [0.15, 0.2) is 5.82 Å². The van der Waals surface area contributed by atoms with E-state index in [1.807, 2.05) is 6.92 Å². The third-order valence-electron chi connectivity index (χ3n) is 1.26. The zero-order valence-corrected chi connectivity index (χ0v) is 7.91. The maximum atomic E-state index is 5.73. The predicted octanol–water partition coefficient (Wildman–Crippen LogP) is -0.0730. The molecule has 0 aromatic carbocycles. The minimum atomic E-state index is 0.127. The third kappa shape index (κ3) is 3.15. The van der Waals surface area contributed by atoms with Gasteiger partial charge in [-0.3, -0.25) is 0 Å². The van der Waals surface area contributed by atoms with E-state index >= 15 is 0 Å². The first-order chi connectivity index (χ1) is 5.68. The molecule has 0 aliphatic carbocycles. The fourth-order valence-electron chi connectivity index (χ4n) is 0.777. The van der Waals surface area contributed by atoms with Crippen molar-refractivity contribution in [1.29, 1.82) is 0 Å². The molecule has 0 saturated heterocycles. The molecule has 0 bridgehead atoms. The first-order valence-electron chi connectivity index (χ1n) is 3.76. The largest absolute Gasteiger partial charge is 0.308 e. The summed E-state index contributed by atoms with van der Waals surface area (Å²) in [7, 11) is 1.74. The molecule has 0 spiro atoms. The Kier molecular flexibility index (Phi) is 3.43. The molecule has 0 saturated carbocycles. The van der Waals surface area contributed by atoms with Crippen molar-refractivity contribution < 1.29 is 0 Å². The number of aromatic nitrogens is 4. The summed E-state index contributed by atoms with van der Waals surface area (Å²) in [6.45, 7) is 3.30. The molecule has 0 aliphatic heterocycles. The van der Waals surface area contributed by atoms with Crippen molar-refractivity contribution in [2.24, 2.45) is 7.05 Å². The topological polar surface area (TPSA) is 55.6 Å². The van der Waals surface area contributed by atoms with Crippen LogP contribution in [0.5, 0.6) is 0 Å². The number of rotatable bonds is 4. The lowest BCUT2D eigenvalue weighted by atomic mass is 10.4. The van der Waals surface area contributed by atoms with Crippen molar-refractivity contribution in [2.45, 2.75) is 18.8 Å². The maximum absolute atomic E-state index is 5.73. The summed E-state index contributed by atoms with van der Waals surface area (Å²) in [4.78, 5) is 1.43. The molecule has 0 radical (unpaired) electrons. The predicted molar refractivity (Wildman–Crippen MR) is 45.8 cm³/mol. The zero-order valence-electron chi connectivity index (χ0n) is 7.16. The van der Waals surface area contributed by atoms with E-state index in [4.69, 9.17) is 11.6 Å². The summed E-state index contributed by atoms with van der Waals surface area (Å²) in [5, 5.41) is 14.7. The molecule has 1 unspecified atom stereocenters. The quantitative estimate of drug-likeness (QED) is 0.674. The summed E-state index contributed by atoms with van der Waals surface area (Å²) in [6.07, 6.45) is 0. The lowest BCUT2D eigenvalue weighted by Gasteiger charge is -2.01. The number of halogens is 1. The van der Waals surface area contributed by atoms with Crippen LogP contribution in [0, 0.1) is 0 Å². The van der Waals surface area contributed by atoms with Gasteiger partial charge in [0, 0.05) is 11.9 Å². The molecule has 1 N–H and O–H groups in total. The molecule has 1 atom stereocenters. The van der Waals surface area contributed by atoms with Gasteiger partial charge in [-0.05, 0) is 12.1 Å². The Balaban J connectivity index is 2.24. The summed E-state index contributed by atoms with van der Waals surface area (Å²) in [5.74, 6) is 0.690. The van der Waals surface area contributed by atoms with E-state index in [0.29, 0.717) is 12.4 Å². The standard InChI is InChI=1S/C6H12ClN5/c1-5(7)3-8-4-6-9-11-12(2)10-6/h5,8H,3-4H2,1-2H3. The van der Waals surface area contributed by atoms with Crippen molar-refractivity contribution in [3.63, 3.8) is 0 Å². The van der Waals surface area contributed by atoms with Crippen LogP contribution in [-0.2, 0) is 13.6 Å². The second-order valence-electron chi connectivity index (χ2n) is 2.61. The van der Waals surface area contributed by atoms with Gasteiger partial charge in [0.2, 0.25) is 0 Å². The molecule has 68 valence electrons. The Morgan fingerprint density at radius 2 is 2.42 bits per heavy atom. The molecule has 1 heterocycles. The van der Waals surface area contributed by atoms with Gasteiger partial charge >= 0.3 is 0 Å². The number of hydrogen-bond acceptors (Lipinski definition) is 4. The van der Waals surface area contributed by atoms with Crippen LogP contribution < -0.4 is 5.32 Å². The van der Waals surface area contributed by atoms with Crippen LogP contribution in [0.4, 0.5) is 0 Å². The minimum Gasteiger partial charge on any atom is -0.308 e. The van der Waals surface area contributed by atoms with Crippen LogP contribution in [0.2, 0.25) is 0 Å². The highest BCUT2D eigenvalue weighted by atomic mass is 35.5. The lowest BCUT2D eigenvalue weighted by Crippen LogP contribution is -2.21. The van der Waals surface area contributed by atoms with Gasteiger partial charge in [-0.15, -0.1) is 21.8 Å². The fourth-order valence-corrected chi connectivity index (χ4v) is 0.886. The second kappa shape index (κ2) is 4.37. The third-order valence-corrected chi connectivity index (χ3v) is 1.41. The summed E-state index contributed by atoms with van der Waals surface area (Å²) >= 11 is 5.73. The van der Waals surface area contributed by atoms with Crippen molar-refractivity contribution in [3.05, 3.63) is 5.82 Å². The average molecular weight is 190 g/mol. The molecule has 0 aliphatic rings. The highest BCUT2D eigenvalue weighted by Crippen LogP contribution is 1.90. The molecule has 5 nitrogen and oxygen atoms in total. The van der Waals surface area contributed by atoms with Crippen LogP contribution in [0.15, 0.2) is 0 Å². The van der Waals surface area contributed by atoms with Gasteiger partial charge in [-0.2, -0.15) is 4.80 Å². The Hall–Kier alpha value is -0.680. The summed E-state index contributed by atoms with van der Waals surface area (Å²) in [6, 6.07) is 0. The van der Waals surface area contributed by atoms with E-state index in [1.54, 1.807) is 7.05 Å². The van der Waals surface area contributed by atoms with E-state index in [-0.39, 0.29) is 5.38 Å². The van der Waals surface area contributed by atoms with Crippen molar-refractivity contribution in [1.82, 2.24) is 25.5 Å². The molecule has 6 heteroatoms. The molecule has 1 rings (SSSR count). The van der Waals surface area contributed by atoms with Crippen LogP contribution in [0.25, 0.3) is 0 Å². The summed E-state index contributed by atoms with van der Waals surface area (Å²) in [5.41, 5.74) is 0. The SMILES string of the molecule is CC(Cl)CNCc1nnn(C)n1. The van der Waals surface area contributed by atoms with E-state index in [0.717, 1.165) is 6.54 Å². The number of nitrogens with zero attached hydrogens (tertiary/aromatic N) is 4. The van der Waals surface area contributed by atoms with Gasteiger partial charge < -0.3 is 5.32 Å². The van der Waals surface area contributed by atoms with Crippen LogP contribution in [0.1, 0.15) is 12.7 Å². The van der Waals surface area contributed by atoms with E-state index < -0.39 is 0 Å². The van der Waals surface area contributed by atoms with E-state index in [9.17, 15) is 0 Å². The molecule has 12 heavy (non-hydrogen) atoms. The van der Waals surface area contributed by atoms with Gasteiger partial charge in [0.1, 0.15) is 0 Å². The van der Waals surface area contributed by atoms with Gasteiger partial charge in [0.25, 0.3) is 0 Å². The minimum absolute atomic E-state index is 0.127. The first kappa shape index (κ1) is 9.41. The van der Waals surface area contributed by atoms with Crippen molar-refractivity contribution in [3.8, 4) is 0 Å². The van der Waals surface area contributed by atoms with Gasteiger partial charge in [-0.1, -0.05) is 0 Å². The smallest absolute Gasteiger partial charge is 0.188 e. The maximum Gasteiger partial charge on any atom is 0.188 e. The van der Waals surface area contributed by atoms with Crippen molar-refractivity contribution in [2.75, 3.05) is 6.54 Å². The molecule has 0 amide bonds. The van der Waals surface area contributed by atoms with Crippen LogP contribution in [0.3, 0.4) is 0 Å². The lowest BCUT2D eigenvalue weighted by molar-refractivity contribution is 0.618. The second-order valence-corrected chi connectivity index (χ2v) is 3.35. The Bertz CT molecular complexity index is 234. The van der Waals surface area contributed by atoms with Gasteiger partial charge in [0.05, 0.1) is 13.6 Å². The number of tetrazole rings is 1. The number of nitrogens with one attached hydrogen (secondary N) is 1. The monoisotopic (exact) mass is 189 g/mol. The number of aryl methyl sites for hydroxylation is 1. The number of alkyl halides is 1. The molecule has 1 aromatic heterocycles. The molecule has 0 fully saturated rings. The van der Waals surface area contributed by atoms with Crippen LogP contribution in [-0.4, -0.2) is 32.1 Å². The average Bonchev–Trinajstić information content (AvgIpc) is 2.35. The van der Waals surface area contributed by atoms with Gasteiger partial charge in [-0.25, -0.2) is 0 Å². The van der Waals surface area contributed by atoms with E-state index in [1.165, 1.54) is 4.80 Å². The van der Waals surface area contributed by atoms with Crippen LogP contribution >= 0.6 is 11.6 Å². The Morgan fingerprint density at radius 3 is 2.92 bits per heavy atom. The Labute approximate surface area is 76.1 Å². The molecule has 1 aromatic rings. The number of hydrogen-bond donors (Lipinski definition) is 1. The normalized spacial score (nSPS) is 13.2. The fraction of sp³-hybridized carbons (Fsp3) is 0.833. The molecular weight excluding hydrogens is 178 g/mol. The Morgan fingerprint density at radius 1 is 1.67 bits per heavy atom. The van der Waals surface area contributed by atoms with E-state index in [2.05, 4.69) is 20.7 Å². The highest BCUT2D eigenvalue weighted by molar-refractivity contribution is 6.20. The summed E-state index contributed by atoms with van der Waals surface area (Å²) < 4.78 is 0. The zero-order chi connectivity index (χ0) is 8.97. The molecular formula is C6H12ClN5. The highest BCUT2D eigenvalue weighted by Gasteiger charge is 2.00.